The number of halogens is 7. The molecule has 0 amide bonds. The minimum Gasteiger partial charge on any atom is -0.393 e. The highest BCUT2D eigenvalue weighted by molar-refractivity contribution is 4.92. The maximum Gasteiger partial charge on any atom is 0.459 e. The number of aliphatic hydroxyl groups is 1. The molecule has 0 aliphatic rings. The molecule has 0 rings (SSSR count). The van der Waals surface area contributed by atoms with Crippen LogP contribution in [0.3, 0.4) is 0 Å². The van der Waals surface area contributed by atoms with Gasteiger partial charge in [-0.25, -0.2) is 0 Å². The monoisotopic (exact) mass is 270 g/mol. The third kappa shape index (κ3) is 4.01. The Balaban J connectivity index is 4.67. The van der Waals surface area contributed by atoms with Crippen LogP contribution in [0, 0.1) is 0 Å². The number of hydrogen-bond acceptors (Lipinski definition) is 1. The van der Waals surface area contributed by atoms with E-state index in [-0.39, 0.29) is 12.8 Å². The Labute approximate surface area is 93.6 Å². The molecule has 1 nitrogen and oxygen atoms in total. The number of aliphatic hydroxyl groups excluding tert-OH is 1. The summed E-state index contributed by atoms with van der Waals surface area (Å²) >= 11 is 0. The Morgan fingerprint density at radius 3 is 1.82 bits per heavy atom. The molecular formula is C9H13F7O. The van der Waals surface area contributed by atoms with Gasteiger partial charge in [0.2, 0.25) is 0 Å². The molecule has 0 aromatic carbocycles. The van der Waals surface area contributed by atoms with Crippen molar-refractivity contribution in [1.29, 1.82) is 0 Å². The van der Waals surface area contributed by atoms with Crippen LogP contribution in [0.25, 0.3) is 0 Å². The van der Waals surface area contributed by atoms with Crippen molar-refractivity contribution in [2.45, 2.75) is 56.7 Å². The summed E-state index contributed by atoms with van der Waals surface area (Å²) in [5, 5.41) is 8.96. The van der Waals surface area contributed by atoms with E-state index in [9.17, 15) is 30.7 Å². The quantitative estimate of drug-likeness (QED) is 0.728. The van der Waals surface area contributed by atoms with Crippen LogP contribution in [0.5, 0.6) is 0 Å². The summed E-state index contributed by atoms with van der Waals surface area (Å²) in [6, 6.07) is 0. The van der Waals surface area contributed by atoms with Crippen molar-refractivity contribution in [3.63, 3.8) is 0 Å². The first-order valence-electron chi connectivity index (χ1n) is 4.96. The van der Waals surface area contributed by atoms with E-state index in [1.54, 1.807) is 6.92 Å². The SMILES string of the molecule is CCCCC(O)CC(F)(F)C(F)(F)C(F)(F)F. The minimum atomic E-state index is -6.33. The summed E-state index contributed by atoms with van der Waals surface area (Å²) < 4.78 is 85.5. The van der Waals surface area contributed by atoms with Crippen LogP contribution in [-0.4, -0.2) is 29.2 Å². The predicted molar refractivity (Wildman–Crippen MR) is 46.1 cm³/mol. The van der Waals surface area contributed by atoms with Gasteiger partial charge >= 0.3 is 18.0 Å². The van der Waals surface area contributed by atoms with Crippen LogP contribution in [-0.2, 0) is 0 Å². The van der Waals surface area contributed by atoms with Gasteiger partial charge < -0.3 is 5.11 Å². The molecule has 0 aliphatic heterocycles. The van der Waals surface area contributed by atoms with Crippen LogP contribution in [0.1, 0.15) is 32.6 Å². The smallest absolute Gasteiger partial charge is 0.393 e. The van der Waals surface area contributed by atoms with Gasteiger partial charge in [0, 0.05) is 6.42 Å². The second kappa shape index (κ2) is 5.41. The Hall–Kier alpha value is -0.530. The molecule has 1 N–H and O–H groups in total. The van der Waals surface area contributed by atoms with Crippen molar-refractivity contribution in [3.8, 4) is 0 Å². The topological polar surface area (TPSA) is 20.2 Å². The van der Waals surface area contributed by atoms with Crippen LogP contribution < -0.4 is 0 Å². The lowest BCUT2D eigenvalue weighted by atomic mass is 10.0. The molecular weight excluding hydrogens is 257 g/mol. The van der Waals surface area contributed by atoms with Gasteiger partial charge in [-0.3, -0.25) is 0 Å². The predicted octanol–water partition coefficient (Wildman–Crippen LogP) is 3.76. The molecule has 0 heterocycles. The van der Waals surface area contributed by atoms with Gasteiger partial charge in [-0.15, -0.1) is 0 Å². The third-order valence-corrected chi connectivity index (χ3v) is 2.20. The van der Waals surface area contributed by atoms with E-state index in [4.69, 9.17) is 5.11 Å². The highest BCUT2D eigenvalue weighted by atomic mass is 19.4. The van der Waals surface area contributed by atoms with E-state index in [0.29, 0.717) is 6.42 Å². The van der Waals surface area contributed by atoms with E-state index in [0.717, 1.165) is 0 Å². The summed E-state index contributed by atoms with van der Waals surface area (Å²) in [6.07, 6.45) is -9.56. The molecule has 104 valence electrons. The average Bonchev–Trinajstić information content (AvgIpc) is 2.11. The molecule has 0 saturated carbocycles. The standard InChI is InChI=1S/C9H13F7O/c1-2-3-4-6(17)5-7(10,11)8(12,13)9(14,15)16/h6,17H,2-5H2,1H3. The molecule has 0 fully saturated rings. The van der Waals surface area contributed by atoms with Crippen molar-refractivity contribution in [3.05, 3.63) is 0 Å². The largest absolute Gasteiger partial charge is 0.459 e. The van der Waals surface area contributed by atoms with Gasteiger partial charge in [-0.2, -0.15) is 30.7 Å². The summed E-state index contributed by atoms with van der Waals surface area (Å²) in [4.78, 5) is 0. The molecule has 0 aromatic heterocycles. The summed E-state index contributed by atoms with van der Waals surface area (Å²) in [6.45, 7) is 1.66. The van der Waals surface area contributed by atoms with Gasteiger partial charge in [-0.05, 0) is 6.42 Å². The lowest BCUT2D eigenvalue weighted by molar-refractivity contribution is -0.358. The molecule has 0 bridgehead atoms. The molecule has 0 saturated heterocycles. The van der Waals surface area contributed by atoms with E-state index in [1.807, 2.05) is 0 Å². The molecule has 0 spiro atoms. The van der Waals surface area contributed by atoms with Crippen molar-refractivity contribution in [2.75, 3.05) is 0 Å². The highest BCUT2D eigenvalue weighted by Gasteiger charge is 2.72. The number of unbranched alkanes of at least 4 members (excludes halogenated alkanes) is 1. The van der Waals surface area contributed by atoms with Gasteiger partial charge in [0.1, 0.15) is 0 Å². The fraction of sp³-hybridized carbons (Fsp3) is 1.00. The zero-order valence-corrected chi connectivity index (χ0v) is 9.00. The summed E-state index contributed by atoms with van der Waals surface area (Å²) in [5.41, 5.74) is 0. The molecule has 1 atom stereocenters. The molecule has 0 radical (unpaired) electrons. The van der Waals surface area contributed by atoms with Gasteiger partial charge in [-0.1, -0.05) is 19.8 Å². The molecule has 1 unspecified atom stereocenters. The zero-order chi connectivity index (χ0) is 13.9. The second-order valence-corrected chi connectivity index (χ2v) is 3.78. The van der Waals surface area contributed by atoms with Crippen LogP contribution in [0.15, 0.2) is 0 Å². The van der Waals surface area contributed by atoms with E-state index < -0.39 is 30.5 Å². The Morgan fingerprint density at radius 2 is 1.47 bits per heavy atom. The minimum absolute atomic E-state index is 0.236. The Kier molecular flexibility index (Phi) is 5.24. The van der Waals surface area contributed by atoms with Crippen molar-refractivity contribution < 1.29 is 35.8 Å². The van der Waals surface area contributed by atoms with Crippen LogP contribution in [0.4, 0.5) is 30.7 Å². The van der Waals surface area contributed by atoms with Crippen molar-refractivity contribution in [2.24, 2.45) is 0 Å². The molecule has 8 heteroatoms. The fourth-order valence-corrected chi connectivity index (χ4v) is 1.17. The second-order valence-electron chi connectivity index (χ2n) is 3.78. The summed E-state index contributed by atoms with van der Waals surface area (Å²) in [7, 11) is 0. The van der Waals surface area contributed by atoms with Crippen molar-refractivity contribution >= 4 is 0 Å². The Bertz CT molecular complexity index is 236. The third-order valence-electron chi connectivity index (χ3n) is 2.20. The first-order valence-corrected chi connectivity index (χ1v) is 4.96. The molecule has 0 aromatic rings. The number of alkyl halides is 7. The van der Waals surface area contributed by atoms with E-state index in [2.05, 4.69) is 0 Å². The van der Waals surface area contributed by atoms with Crippen LogP contribution >= 0.6 is 0 Å². The lowest BCUT2D eigenvalue weighted by Gasteiger charge is -2.29. The van der Waals surface area contributed by atoms with E-state index in [1.165, 1.54) is 0 Å². The van der Waals surface area contributed by atoms with Gasteiger partial charge in [0.15, 0.2) is 0 Å². The van der Waals surface area contributed by atoms with Crippen LogP contribution in [0.2, 0.25) is 0 Å². The fourth-order valence-electron chi connectivity index (χ4n) is 1.17. The number of hydrogen-bond donors (Lipinski definition) is 1. The Morgan fingerprint density at radius 1 is 1.00 bits per heavy atom. The molecule has 0 aliphatic carbocycles. The summed E-state index contributed by atoms with van der Waals surface area (Å²) in [5.74, 6) is -11.4. The normalized spacial score (nSPS) is 16.1. The number of rotatable bonds is 6. The van der Waals surface area contributed by atoms with Crippen molar-refractivity contribution in [1.82, 2.24) is 0 Å². The lowest BCUT2D eigenvalue weighted by Crippen LogP contribution is -2.53. The maximum atomic E-state index is 12.7. The maximum absolute atomic E-state index is 12.7. The highest BCUT2D eigenvalue weighted by Crippen LogP contribution is 2.48. The van der Waals surface area contributed by atoms with Gasteiger partial charge in [0.25, 0.3) is 0 Å². The van der Waals surface area contributed by atoms with Gasteiger partial charge in [0.05, 0.1) is 6.10 Å². The average molecular weight is 270 g/mol. The molecule has 17 heavy (non-hydrogen) atoms. The van der Waals surface area contributed by atoms with E-state index >= 15 is 0 Å². The zero-order valence-electron chi connectivity index (χ0n) is 9.00. The first kappa shape index (κ1) is 16.5. The first-order chi connectivity index (χ1) is 7.45.